The van der Waals surface area contributed by atoms with E-state index in [0.717, 1.165) is 25.5 Å². The number of alkyl halides is 3. The van der Waals surface area contributed by atoms with Crippen LogP contribution in [0.4, 0.5) is 13.2 Å². The van der Waals surface area contributed by atoms with E-state index in [1.165, 1.54) is 0 Å². The lowest BCUT2D eigenvalue weighted by Gasteiger charge is -2.21. The second kappa shape index (κ2) is 6.00. The highest BCUT2D eigenvalue weighted by Crippen LogP contribution is 2.33. The van der Waals surface area contributed by atoms with E-state index in [2.05, 4.69) is 4.98 Å². The van der Waals surface area contributed by atoms with Crippen LogP contribution >= 0.6 is 11.3 Å². The van der Waals surface area contributed by atoms with Crippen molar-refractivity contribution in [2.24, 2.45) is 0 Å². The van der Waals surface area contributed by atoms with Crippen LogP contribution in [0.3, 0.4) is 0 Å². The zero-order valence-corrected chi connectivity index (χ0v) is 11.0. The van der Waals surface area contributed by atoms with Crippen molar-refractivity contribution in [3.05, 3.63) is 16.1 Å². The molecule has 1 aliphatic heterocycles. The Bertz CT molecular complexity index is 438. The van der Waals surface area contributed by atoms with Crippen molar-refractivity contribution in [3.8, 4) is 0 Å². The molecule has 1 unspecified atom stereocenters. The molecule has 0 aromatic carbocycles. The maximum Gasteiger partial charge on any atom is 0.443 e. The Morgan fingerprint density at radius 2 is 2.26 bits per heavy atom. The van der Waals surface area contributed by atoms with Gasteiger partial charge in [-0.1, -0.05) is 0 Å². The van der Waals surface area contributed by atoms with Gasteiger partial charge in [-0.2, -0.15) is 13.2 Å². The summed E-state index contributed by atoms with van der Waals surface area (Å²) in [4.78, 5) is 15.1. The van der Waals surface area contributed by atoms with Gasteiger partial charge >= 0.3 is 6.18 Å². The summed E-state index contributed by atoms with van der Waals surface area (Å²) in [7, 11) is 0. The largest absolute Gasteiger partial charge is 0.443 e. The third kappa shape index (κ3) is 4.01. The number of hydrogen-bond acceptors (Lipinski definition) is 4. The van der Waals surface area contributed by atoms with Gasteiger partial charge in [0, 0.05) is 19.2 Å². The second-order valence-electron chi connectivity index (χ2n) is 4.48. The van der Waals surface area contributed by atoms with Crippen LogP contribution in [0, 0.1) is 0 Å². The van der Waals surface area contributed by atoms with E-state index < -0.39 is 11.2 Å². The molecule has 1 saturated heterocycles. The highest BCUT2D eigenvalue weighted by molar-refractivity contribution is 7.13. The number of halogens is 3. The molecule has 1 aromatic rings. The van der Waals surface area contributed by atoms with Crippen molar-refractivity contribution in [1.82, 2.24) is 4.98 Å². The average Bonchev–Trinajstić information content (AvgIpc) is 2.87. The Balaban J connectivity index is 1.87. The lowest BCUT2D eigenvalue weighted by molar-refractivity contribution is -0.137. The molecule has 0 radical (unpaired) electrons. The number of aromatic nitrogens is 1. The lowest BCUT2D eigenvalue weighted by atomic mass is 10.0. The summed E-state index contributed by atoms with van der Waals surface area (Å²) in [6, 6.07) is 0. The van der Waals surface area contributed by atoms with Gasteiger partial charge in [0.15, 0.2) is 10.8 Å². The fourth-order valence-electron chi connectivity index (χ4n) is 1.98. The van der Waals surface area contributed by atoms with Crippen molar-refractivity contribution in [2.45, 2.75) is 44.4 Å². The molecule has 19 heavy (non-hydrogen) atoms. The van der Waals surface area contributed by atoms with Crippen LogP contribution < -0.4 is 0 Å². The van der Waals surface area contributed by atoms with E-state index in [1.807, 2.05) is 0 Å². The smallest absolute Gasteiger partial charge is 0.378 e. The van der Waals surface area contributed by atoms with E-state index in [9.17, 15) is 18.0 Å². The van der Waals surface area contributed by atoms with Gasteiger partial charge < -0.3 is 4.74 Å². The number of nitrogens with zero attached hydrogens (tertiary/aromatic N) is 1. The number of thiazole rings is 1. The quantitative estimate of drug-likeness (QED) is 0.795. The van der Waals surface area contributed by atoms with Crippen molar-refractivity contribution in [3.63, 3.8) is 0 Å². The maximum atomic E-state index is 12.4. The molecule has 0 saturated carbocycles. The van der Waals surface area contributed by atoms with Crippen LogP contribution in [-0.4, -0.2) is 23.5 Å². The summed E-state index contributed by atoms with van der Waals surface area (Å²) in [5, 5.41) is -0.968. The predicted molar refractivity (Wildman–Crippen MR) is 64.3 cm³/mol. The fraction of sp³-hybridized carbons (Fsp3) is 0.667. The van der Waals surface area contributed by atoms with Crippen LogP contribution in [0.25, 0.3) is 0 Å². The van der Waals surface area contributed by atoms with E-state index in [0.29, 0.717) is 24.4 Å². The molecule has 2 heterocycles. The summed E-state index contributed by atoms with van der Waals surface area (Å²) in [6.45, 7) is 0.706. The molecular formula is C12H14F3NO2S. The highest BCUT2D eigenvalue weighted by Gasteiger charge is 2.35. The number of carbonyl (C=O) groups excluding carboxylic acids is 1. The van der Waals surface area contributed by atoms with Crippen LogP contribution in [0.5, 0.6) is 0 Å². The Kier molecular flexibility index (Phi) is 4.57. The summed E-state index contributed by atoms with van der Waals surface area (Å²) in [6.07, 6.45) is 0.415. The molecule has 0 N–H and O–H groups in total. The van der Waals surface area contributed by atoms with Gasteiger partial charge in [-0.25, -0.2) is 4.98 Å². The van der Waals surface area contributed by atoms with Gasteiger partial charge in [0.05, 0.1) is 11.0 Å². The fourth-order valence-corrected chi connectivity index (χ4v) is 2.74. The summed E-state index contributed by atoms with van der Waals surface area (Å²) in [5.74, 6) is -0.290. The summed E-state index contributed by atoms with van der Waals surface area (Å²) < 4.78 is 42.6. The first-order chi connectivity index (χ1) is 8.97. The first kappa shape index (κ1) is 14.5. The molecule has 0 amide bonds. The Morgan fingerprint density at radius 3 is 2.84 bits per heavy atom. The number of ether oxygens (including phenoxy) is 1. The first-order valence-corrected chi connectivity index (χ1v) is 6.96. The lowest BCUT2D eigenvalue weighted by Crippen LogP contribution is -2.19. The molecule has 1 atom stereocenters. The number of Topliss-reactive ketones (excluding diaryl/α,β-unsaturated/α-hetero) is 1. The van der Waals surface area contributed by atoms with Crippen molar-refractivity contribution in [2.75, 3.05) is 6.61 Å². The maximum absolute atomic E-state index is 12.4. The number of ketones is 1. The molecule has 3 nitrogen and oxygen atoms in total. The molecule has 1 aromatic heterocycles. The molecule has 0 bridgehead atoms. The second-order valence-corrected chi connectivity index (χ2v) is 5.51. The predicted octanol–water partition coefficient (Wildman–Crippen LogP) is 3.69. The van der Waals surface area contributed by atoms with Crippen LogP contribution in [-0.2, 0) is 10.9 Å². The zero-order chi connectivity index (χ0) is 13.9. The minimum Gasteiger partial charge on any atom is -0.378 e. The molecule has 2 rings (SSSR count). The van der Waals surface area contributed by atoms with Gasteiger partial charge in [0.1, 0.15) is 0 Å². The van der Waals surface area contributed by atoms with Gasteiger partial charge in [-0.05, 0) is 25.7 Å². The SMILES string of the molecule is O=C(CCC1CCCCO1)c1cnc(C(F)(F)F)s1. The Labute approximate surface area is 112 Å². The number of hydrogen-bond donors (Lipinski definition) is 0. The summed E-state index contributed by atoms with van der Waals surface area (Å²) in [5.41, 5.74) is 0. The third-order valence-corrected chi connectivity index (χ3v) is 4.07. The van der Waals surface area contributed by atoms with E-state index in [4.69, 9.17) is 4.74 Å². The minimum atomic E-state index is -4.48. The summed E-state index contributed by atoms with van der Waals surface area (Å²) >= 11 is 0.408. The zero-order valence-electron chi connectivity index (χ0n) is 10.2. The van der Waals surface area contributed by atoms with Gasteiger partial charge in [0.25, 0.3) is 0 Å². The topological polar surface area (TPSA) is 39.2 Å². The molecule has 7 heteroatoms. The minimum absolute atomic E-state index is 0.0627. The molecule has 0 spiro atoms. The Hall–Kier alpha value is -0.950. The van der Waals surface area contributed by atoms with Crippen LogP contribution in [0.1, 0.15) is 46.8 Å². The number of carbonyl (C=O) groups is 1. The van der Waals surface area contributed by atoms with Crippen molar-refractivity contribution in [1.29, 1.82) is 0 Å². The van der Waals surface area contributed by atoms with E-state index in [1.54, 1.807) is 0 Å². The normalized spacial score (nSPS) is 20.5. The van der Waals surface area contributed by atoms with E-state index in [-0.39, 0.29) is 23.2 Å². The molecule has 106 valence electrons. The van der Waals surface area contributed by atoms with Gasteiger partial charge in [-0.3, -0.25) is 4.79 Å². The molecule has 1 aliphatic rings. The average molecular weight is 293 g/mol. The Morgan fingerprint density at radius 1 is 1.47 bits per heavy atom. The van der Waals surface area contributed by atoms with Crippen LogP contribution in [0.2, 0.25) is 0 Å². The van der Waals surface area contributed by atoms with Crippen LogP contribution in [0.15, 0.2) is 6.20 Å². The van der Waals surface area contributed by atoms with Gasteiger partial charge in [0.2, 0.25) is 0 Å². The van der Waals surface area contributed by atoms with Crippen molar-refractivity contribution < 1.29 is 22.7 Å². The molecular weight excluding hydrogens is 279 g/mol. The van der Waals surface area contributed by atoms with Crippen molar-refractivity contribution >= 4 is 17.1 Å². The van der Waals surface area contributed by atoms with E-state index >= 15 is 0 Å². The number of rotatable bonds is 4. The first-order valence-electron chi connectivity index (χ1n) is 6.14. The monoisotopic (exact) mass is 293 g/mol. The molecule has 1 fully saturated rings. The third-order valence-electron chi connectivity index (χ3n) is 2.99. The van der Waals surface area contributed by atoms with Gasteiger partial charge in [-0.15, -0.1) is 11.3 Å². The standard InChI is InChI=1S/C12H14F3NO2S/c13-12(14,15)11-16-7-10(19-11)9(17)5-4-8-3-1-2-6-18-8/h7-8H,1-6H2. The highest BCUT2D eigenvalue weighted by atomic mass is 32.1. The molecule has 0 aliphatic carbocycles.